The number of likely N-dealkylation sites (tertiary alicyclic amines) is 1. The summed E-state index contributed by atoms with van der Waals surface area (Å²) in [6.07, 6.45) is 3.26. The molecule has 3 aromatic rings. The molecule has 2 unspecified atom stereocenters. The lowest BCUT2D eigenvalue weighted by Crippen LogP contribution is -2.38. The van der Waals surface area contributed by atoms with Crippen LogP contribution in [0.5, 0.6) is 0 Å². The summed E-state index contributed by atoms with van der Waals surface area (Å²) in [6.45, 7) is 9.64. The van der Waals surface area contributed by atoms with Crippen LogP contribution in [0.15, 0.2) is 52.4 Å². The molecule has 2 fully saturated rings. The largest absolute Gasteiger partial charge is 0.338 e. The first-order valence-corrected chi connectivity index (χ1v) is 13.1. The standard InChI is InChI=1S/C27H30ClN3O2S/c1-17-20(28)9-7-11-22(17)31-24(33)19-8-5-6-10-21(19)29-25(31)34-14-23(32)30-16-27(4)13-18(30)12-26(2,3)15-27/h5-11,18H,12-16H2,1-4H3. The van der Waals surface area contributed by atoms with E-state index in [4.69, 9.17) is 16.6 Å². The van der Waals surface area contributed by atoms with E-state index in [0.717, 1.165) is 31.4 Å². The predicted molar refractivity (Wildman–Crippen MR) is 139 cm³/mol. The normalized spacial score (nSPS) is 23.4. The van der Waals surface area contributed by atoms with E-state index in [-0.39, 0.29) is 28.0 Å². The average molecular weight is 496 g/mol. The third kappa shape index (κ3) is 4.16. The molecule has 2 aromatic carbocycles. The molecule has 2 heterocycles. The Morgan fingerprint density at radius 1 is 1.15 bits per heavy atom. The van der Waals surface area contributed by atoms with E-state index in [9.17, 15) is 9.59 Å². The fourth-order valence-electron chi connectivity index (χ4n) is 6.22. The fraction of sp³-hybridized carbons (Fsp3) is 0.444. The van der Waals surface area contributed by atoms with Gasteiger partial charge >= 0.3 is 0 Å². The van der Waals surface area contributed by atoms with Crippen LogP contribution in [-0.4, -0.2) is 38.7 Å². The van der Waals surface area contributed by atoms with Crippen molar-refractivity contribution in [2.24, 2.45) is 10.8 Å². The van der Waals surface area contributed by atoms with Crippen LogP contribution in [0.25, 0.3) is 16.6 Å². The summed E-state index contributed by atoms with van der Waals surface area (Å²) in [7, 11) is 0. The van der Waals surface area contributed by atoms with E-state index >= 15 is 0 Å². The van der Waals surface area contributed by atoms with Crippen LogP contribution < -0.4 is 5.56 Å². The number of halogens is 1. The van der Waals surface area contributed by atoms with Gasteiger partial charge in [0, 0.05) is 17.6 Å². The summed E-state index contributed by atoms with van der Waals surface area (Å²) in [6, 6.07) is 13.1. The van der Waals surface area contributed by atoms with Gasteiger partial charge in [-0.2, -0.15) is 0 Å². The first-order valence-electron chi connectivity index (χ1n) is 11.8. The Bertz CT molecular complexity index is 1350. The summed E-state index contributed by atoms with van der Waals surface area (Å²) in [5.41, 5.74) is 2.41. The van der Waals surface area contributed by atoms with Gasteiger partial charge in [0.05, 0.1) is 22.3 Å². The Kier molecular flexibility index (Phi) is 5.80. The minimum Gasteiger partial charge on any atom is -0.338 e. The number of fused-ring (bicyclic) bond motifs is 3. The molecule has 7 heteroatoms. The SMILES string of the molecule is Cc1c(Cl)cccc1-n1c(SCC(=O)N2CC3(C)CC2CC(C)(C)C3)nc2ccccc2c1=O. The van der Waals surface area contributed by atoms with Crippen LogP contribution in [0.1, 0.15) is 45.6 Å². The number of para-hydroxylation sites is 1. The topological polar surface area (TPSA) is 55.2 Å². The zero-order valence-electron chi connectivity index (χ0n) is 20.1. The van der Waals surface area contributed by atoms with Crippen LogP contribution in [0.2, 0.25) is 5.02 Å². The molecule has 1 aromatic heterocycles. The molecule has 2 aliphatic rings. The Hall–Kier alpha value is -2.31. The third-order valence-corrected chi connectivity index (χ3v) is 8.62. The molecule has 5 nitrogen and oxygen atoms in total. The number of hydrogen-bond donors (Lipinski definition) is 0. The lowest BCUT2D eigenvalue weighted by Gasteiger charge is -2.39. The second-order valence-electron chi connectivity index (χ2n) is 11.0. The van der Waals surface area contributed by atoms with Gasteiger partial charge in [-0.1, -0.05) is 62.3 Å². The number of carbonyl (C=O) groups excluding carboxylic acids is 1. The fourth-order valence-corrected chi connectivity index (χ4v) is 7.28. The molecule has 1 amide bonds. The number of thioether (sulfide) groups is 1. The maximum atomic E-state index is 13.5. The van der Waals surface area contributed by atoms with Gasteiger partial charge in [0.25, 0.3) is 5.56 Å². The number of hydrogen-bond acceptors (Lipinski definition) is 4. The van der Waals surface area contributed by atoms with Crippen molar-refractivity contribution in [2.45, 2.75) is 58.2 Å². The molecule has 0 spiro atoms. The van der Waals surface area contributed by atoms with E-state index < -0.39 is 0 Å². The second kappa shape index (κ2) is 8.42. The quantitative estimate of drug-likeness (QED) is 0.335. The first kappa shape index (κ1) is 23.4. The maximum absolute atomic E-state index is 13.5. The molecule has 0 N–H and O–H groups in total. The molecule has 34 heavy (non-hydrogen) atoms. The molecule has 5 rings (SSSR count). The number of amides is 1. The van der Waals surface area contributed by atoms with Gasteiger partial charge < -0.3 is 4.90 Å². The molecule has 0 radical (unpaired) electrons. The van der Waals surface area contributed by atoms with Gasteiger partial charge in [-0.3, -0.25) is 14.2 Å². The third-order valence-electron chi connectivity index (χ3n) is 7.28. The Morgan fingerprint density at radius 3 is 2.71 bits per heavy atom. The van der Waals surface area contributed by atoms with Crippen LogP contribution >= 0.6 is 23.4 Å². The van der Waals surface area contributed by atoms with E-state index in [1.54, 1.807) is 10.6 Å². The summed E-state index contributed by atoms with van der Waals surface area (Å²) >= 11 is 7.72. The lowest BCUT2D eigenvalue weighted by molar-refractivity contribution is -0.129. The predicted octanol–water partition coefficient (Wildman–Crippen LogP) is 5.87. The van der Waals surface area contributed by atoms with Crippen molar-refractivity contribution in [3.05, 3.63) is 63.4 Å². The number of benzene rings is 2. The van der Waals surface area contributed by atoms with E-state index in [0.29, 0.717) is 32.8 Å². The molecule has 178 valence electrons. The highest BCUT2D eigenvalue weighted by molar-refractivity contribution is 7.99. The number of aromatic nitrogens is 2. The molecule has 1 saturated heterocycles. The lowest BCUT2D eigenvalue weighted by atomic mass is 9.65. The van der Waals surface area contributed by atoms with E-state index in [1.165, 1.54) is 11.8 Å². The van der Waals surface area contributed by atoms with Gasteiger partial charge in [-0.15, -0.1) is 0 Å². The highest BCUT2D eigenvalue weighted by atomic mass is 35.5. The first-order chi connectivity index (χ1) is 16.1. The van der Waals surface area contributed by atoms with E-state index in [2.05, 4.69) is 25.7 Å². The van der Waals surface area contributed by atoms with Gasteiger partial charge in [-0.25, -0.2) is 4.98 Å². The monoisotopic (exact) mass is 495 g/mol. The van der Waals surface area contributed by atoms with Crippen LogP contribution in [0.4, 0.5) is 0 Å². The molecule has 1 aliphatic heterocycles. The van der Waals surface area contributed by atoms with Gasteiger partial charge in [0.1, 0.15) is 0 Å². The number of carbonyl (C=O) groups is 1. The zero-order chi connectivity index (χ0) is 24.3. The van der Waals surface area contributed by atoms with Crippen LogP contribution in [0, 0.1) is 17.8 Å². The number of nitrogens with zero attached hydrogens (tertiary/aromatic N) is 3. The number of rotatable bonds is 4. The van der Waals surface area contributed by atoms with Crippen LogP contribution in [0.3, 0.4) is 0 Å². The Morgan fingerprint density at radius 2 is 1.91 bits per heavy atom. The van der Waals surface area contributed by atoms with Crippen molar-refractivity contribution in [1.82, 2.24) is 14.5 Å². The van der Waals surface area contributed by atoms with Crippen molar-refractivity contribution < 1.29 is 4.79 Å². The molecule has 2 bridgehead atoms. The van der Waals surface area contributed by atoms with E-state index in [1.807, 2.05) is 43.3 Å². The second-order valence-corrected chi connectivity index (χ2v) is 12.3. The average Bonchev–Trinajstić information content (AvgIpc) is 3.03. The van der Waals surface area contributed by atoms with Gasteiger partial charge in [0.15, 0.2) is 5.16 Å². The van der Waals surface area contributed by atoms with Crippen molar-refractivity contribution in [1.29, 1.82) is 0 Å². The van der Waals surface area contributed by atoms with Crippen LogP contribution in [-0.2, 0) is 4.79 Å². The molecule has 2 atom stereocenters. The smallest absolute Gasteiger partial charge is 0.266 e. The molecular weight excluding hydrogens is 466 g/mol. The molecular formula is C27H30ClN3O2S. The minimum atomic E-state index is -0.155. The summed E-state index contributed by atoms with van der Waals surface area (Å²) in [4.78, 5) is 33.8. The van der Waals surface area contributed by atoms with Crippen molar-refractivity contribution in [2.75, 3.05) is 12.3 Å². The Labute approximate surface area is 209 Å². The van der Waals surface area contributed by atoms with Gasteiger partial charge in [-0.05, 0) is 66.8 Å². The summed E-state index contributed by atoms with van der Waals surface area (Å²) in [5, 5.41) is 1.64. The highest BCUT2D eigenvalue weighted by Gasteiger charge is 2.50. The van der Waals surface area contributed by atoms with Crippen molar-refractivity contribution in [3.8, 4) is 5.69 Å². The highest BCUT2D eigenvalue weighted by Crippen LogP contribution is 2.52. The zero-order valence-corrected chi connectivity index (χ0v) is 21.7. The van der Waals surface area contributed by atoms with Crippen molar-refractivity contribution in [3.63, 3.8) is 0 Å². The maximum Gasteiger partial charge on any atom is 0.266 e. The molecule has 1 saturated carbocycles. The Balaban J connectivity index is 1.49. The minimum absolute atomic E-state index is 0.119. The molecule has 1 aliphatic carbocycles. The van der Waals surface area contributed by atoms with Gasteiger partial charge in [0.2, 0.25) is 5.91 Å². The summed E-state index contributed by atoms with van der Waals surface area (Å²) in [5.74, 6) is 0.366. The summed E-state index contributed by atoms with van der Waals surface area (Å²) < 4.78 is 1.61. The van der Waals surface area contributed by atoms with Crippen molar-refractivity contribution >= 4 is 40.2 Å².